The zero-order valence-corrected chi connectivity index (χ0v) is 55.7. The summed E-state index contributed by atoms with van der Waals surface area (Å²) in [6.07, 6.45) is 15.2. The van der Waals surface area contributed by atoms with E-state index in [4.69, 9.17) is 42.8 Å². The van der Waals surface area contributed by atoms with Crippen molar-refractivity contribution < 1.29 is 4.74 Å². The molecule has 498 valence electrons. The molecule has 0 bridgehead atoms. The molecule has 0 unspecified atom stereocenters. The number of aryl methyl sites for hydroxylation is 1. The molecule has 14 rings (SSSR count). The molecule has 0 saturated heterocycles. The number of pyridine rings is 3. The van der Waals surface area contributed by atoms with Crippen LogP contribution in [-0.2, 0) is 13.1 Å². The highest BCUT2D eigenvalue weighted by Gasteiger charge is 2.34. The lowest BCUT2D eigenvalue weighted by Gasteiger charge is -2.17. The van der Waals surface area contributed by atoms with Crippen LogP contribution in [0.25, 0.3) is 34.6 Å². The van der Waals surface area contributed by atoms with E-state index in [1.807, 2.05) is 66.7 Å². The summed E-state index contributed by atoms with van der Waals surface area (Å²) in [5.41, 5.74) is 16.9. The van der Waals surface area contributed by atoms with Crippen LogP contribution in [0.4, 0.5) is 47.3 Å². The summed E-state index contributed by atoms with van der Waals surface area (Å²) < 4.78 is 5.23. The molecule has 8 aromatic rings. The van der Waals surface area contributed by atoms with Gasteiger partial charge in [-0.2, -0.15) is 44.9 Å². The fraction of sp³-hybridized carbons (Fsp3) is 0.493. The van der Waals surface area contributed by atoms with Gasteiger partial charge in [-0.25, -0.2) is 15.0 Å². The average Bonchev–Trinajstić information content (AvgIpc) is 2.06. The van der Waals surface area contributed by atoms with Gasteiger partial charge in [-0.1, -0.05) is 79.2 Å². The van der Waals surface area contributed by atoms with Crippen LogP contribution in [0.3, 0.4) is 0 Å². The van der Waals surface area contributed by atoms with Gasteiger partial charge in [0.2, 0.25) is 35.7 Å². The van der Waals surface area contributed by atoms with Gasteiger partial charge in [-0.05, 0) is 221 Å². The van der Waals surface area contributed by atoms with Crippen LogP contribution in [0.15, 0.2) is 103 Å². The number of benzene rings is 2. The first-order valence-electron chi connectivity index (χ1n) is 33.4. The van der Waals surface area contributed by atoms with Gasteiger partial charge >= 0.3 is 0 Å². The van der Waals surface area contributed by atoms with Crippen LogP contribution in [-0.4, -0.2) is 103 Å². The topological polar surface area (TPSA) is 300 Å². The van der Waals surface area contributed by atoms with Crippen molar-refractivity contribution in [2.24, 2.45) is 41.2 Å². The Morgan fingerprint density at radius 3 is 1.07 bits per heavy atom. The van der Waals surface area contributed by atoms with Crippen LogP contribution >= 0.6 is 11.6 Å². The largest absolute Gasteiger partial charge is 0.497 e. The molecular weight excluding hydrogens is 1200 g/mol. The van der Waals surface area contributed by atoms with E-state index in [1.54, 1.807) is 19.2 Å². The summed E-state index contributed by atoms with van der Waals surface area (Å²) in [5.74, 6) is 11.6. The third-order valence-corrected chi connectivity index (χ3v) is 18.1. The Morgan fingerprint density at radius 2 is 0.745 bits per heavy atom. The van der Waals surface area contributed by atoms with Crippen LogP contribution in [0.2, 0.25) is 5.15 Å². The number of rotatable bonds is 26. The summed E-state index contributed by atoms with van der Waals surface area (Å²) in [6.45, 7) is 16.5. The quantitative estimate of drug-likeness (QED) is 0.0228. The fourth-order valence-electron chi connectivity index (χ4n) is 10.8. The number of halogens is 1. The third kappa shape index (κ3) is 20.9. The van der Waals surface area contributed by atoms with E-state index in [1.165, 1.54) is 88.2 Å². The highest BCUT2D eigenvalue weighted by atomic mass is 35.5. The minimum atomic E-state index is 0. The van der Waals surface area contributed by atoms with Crippen molar-refractivity contribution in [1.82, 2.24) is 59.8 Å². The zero-order valence-electron chi connectivity index (χ0n) is 55.0. The molecule has 6 aliphatic carbocycles. The minimum absolute atomic E-state index is 0. The van der Waals surface area contributed by atoms with E-state index in [-0.39, 0.29) is 7.43 Å². The second kappa shape index (κ2) is 32.0. The number of hydrogen-bond donors (Lipinski definition) is 9. The number of anilines is 8. The molecule has 0 amide bonds. The average molecular weight is 1300 g/mol. The Morgan fingerprint density at radius 1 is 0.415 bits per heavy atom. The number of nitrogens with zero attached hydrogens (tertiary/aromatic N) is 12. The van der Waals surface area contributed by atoms with Gasteiger partial charge < -0.3 is 53.4 Å². The van der Waals surface area contributed by atoms with Gasteiger partial charge in [0, 0.05) is 49.3 Å². The van der Waals surface area contributed by atoms with E-state index in [0.29, 0.717) is 166 Å². The third-order valence-electron chi connectivity index (χ3n) is 17.9. The minimum Gasteiger partial charge on any atom is -0.497 e. The fourth-order valence-corrected chi connectivity index (χ4v) is 11.0. The van der Waals surface area contributed by atoms with E-state index < -0.39 is 0 Å². The monoisotopic (exact) mass is 1290 g/mol. The molecule has 22 nitrogen and oxygen atoms in total. The molecule has 11 N–H and O–H groups in total. The normalized spacial score (nSPS) is 17.3. The van der Waals surface area contributed by atoms with Crippen molar-refractivity contribution >= 4 is 58.9 Å². The summed E-state index contributed by atoms with van der Waals surface area (Å²) in [6, 6.07) is 35.2. The summed E-state index contributed by atoms with van der Waals surface area (Å²) >= 11 is 6.03. The molecular formula is C71H96ClN21O. The van der Waals surface area contributed by atoms with Crippen LogP contribution < -0.4 is 53.4 Å². The van der Waals surface area contributed by atoms with Gasteiger partial charge in [0.25, 0.3) is 0 Å². The Balaban J connectivity index is 0.000000145. The Bertz CT molecular complexity index is 3460. The molecule has 0 radical (unpaired) electrons. The van der Waals surface area contributed by atoms with Crippen molar-refractivity contribution in [2.75, 3.05) is 50.1 Å². The van der Waals surface area contributed by atoms with Gasteiger partial charge in [-0.15, -0.1) is 0 Å². The van der Waals surface area contributed by atoms with Crippen molar-refractivity contribution in [1.29, 1.82) is 0 Å². The molecule has 6 heterocycles. The van der Waals surface area contributed by atoms with E-state index >= 15 is 0 Å². The number of aromatic nitrogens is 12. The molecule has 6 aliphatic rings. The van der Waals surface area contributed by atoms with Gasteiger partial charge in [0.05, 0.1) is 7.11 Å². The number of methoxy groups -OCH3 is 1. The molecule has 0 aliphatic heterocycles. The molecule has 6 atom stereocenters. The van der Waals surface area contributed by atoms with Crippen LogP contribution in [0.5, 0.6) is 5.75 Å². The van der Waals surface area contributed by atoms with Crippen molar-refractivity contribution in [3.05, 3.63) is 125 Å². The van der Waals surface area contributed by atoms with Gasteiger partial charge in [-0.3, -0.25) is 0 Å². The Labute approximate surface area is 559 Å². The van der Waals surface area contributed by atoms with E-state index in [0.717, 1.165) is 17.1 Å². The van der Waals surface area contributed by atoms with Crippen LogP contribution in [0, 0.1) is 42.4 Å². The van der Waals surface area contributed by atoms with Crippen molar-refractivity contribution in [2.45, 2.75) is 182 Å². The number of nitrogen functional groups attached to an aromatic ring is 1. The van der Waals surface area contributed by atoms with E-state index in [2.05, 4.69) is 155 Å². The smallest absolute Gasteiger partial charge is 0.228 e. The Kier molecular flexibility index (Phi) is 23.2. The predicted octanol–water partition coefficient (Wildman–Crippen LogP) is 14.0. The highest BCUT2D eigenvalue weighted by Crippen LogP contribution is 2.38. The summed E-state index contributed by atoms with van der Waals surface area (Å²) in [4.78, 5) is 55.0. The molecule has 6 saturated carbocycles. The first kappa shape index (κ1) is 68.2. The predicted molar refractivity (Wildman–Crippen MR) is 380 cm³/mol. The maximum atomic E-state index is 6.03. The zero-order chi connectivity index (χ0) is 65.0. The number of ether oxygens (including phenoxy) is 1. The summed E-state index contributed by atoms with van der Waals surface area (Å²) in [5, 5.41) is 24.5. The lowest BCUT2D eigenvalue weighted by atomic mass is 10.2. The lowest BCUT2D eigenvalue weighted by Crippen LogP contribution is -2.23. The summed E-state index contributed by atoms with van der Waals surface area (Å²) in [7, 11) is 1.67. The van der Waals surface area contributed by atoms with Gasteiger partial charge in [0.1, 0.15) is 39.6 Å². The number of nitrogens with two attached hydrogens (primary N) is 2. The molecule has 6 aromatic heterocycles. The first-order valence-corrected chi connectivity index (χ1v) is 33.8. The Hall–Kier alpha value is -8.63. The number of hydrogen-bond acceptors (Lipinski definition) is 22. The second-order valence-corrected chi connectivity index (χ2v) is 26.5. The second-order valence-electron chi connectivity index (χ2n) is 26.1. The SMILES string of the molecule is C.COc1ccc(CNc2cccc(-c3nc(N[C@H](C)C4CC4)nc(N[C@H](C)C4CC4)n3)n2)cc1.C[C@@H](Nc1nc(N[C@H](C)C2CC2)nc(-c2cccc(Cl)n2)n1)C1CC1.C[C@@H](Nc1nc(N[C@H](C)C2CC2)nc(-c2cccc(N)n2)n1)C1CC1.Cc1ccc(CN)cc1. The standard InChI is InChI=1S/C26H33N7O.C18H23ClN6.C18H25N7.C8H11N.CH4/c1-16(19-9-10-19)28-25-31-24(32-26(33-25)29-17(2)20-11-12-20)22-5-4-6-23(30-22)27-15-18-7-13-21(34-3)14-8-18;2*1-10(12-6-7-12)20-17-23-16(14-4-3-5-15(19)22-14)24-18(25-17)21-11(2)13-8-9-13;1-7-2-4-8(6-9)5-3-7;/h4-8,13-14,16-17,19-20H,9-12,15H2,1-3H3,(H,27,30)(H2,28,29,31,32,33);3-5,10-13H,6-9H2,1-2H3,(H2,20,21,23,24,25);3-5,10-13H,6-9H2,1-2H3,(H2,19,22)(H2,20,21,23,24,25);2-5H,6,9H2,1H3;1H4/t16-,17-;2*10-,11-;;/m111../s1. The molecule has 23 heteroatoms. The van der Waals surface area contributed by atoms with Crippen LogP contribution in [0.1, 0.15) is 143 Å². The lowest BCUT2D eigenvalue weighted by molar-refractivity contribution is 0.414. The molecule has 94 heavy (non-hydrogen) atoms. The highest BCUT2D eigenvalue weighted by molar-refractivity contribution is 6.29. The molecule has 6 fully saturated rings. The maximum absolute atomic E-state index is 6.03. The first-order chi connectivity index (χ1) is 45.1. The number of nitrogens with one attached hydrogen (secondary N) is 7. The van der Waals surface area contributed by atoms with Crippen molar-refractivity contribution in [3.8, 4) is 40.3 Å². The van der Waals surface area contributed by atoms with E-state index in [9.17, 15) is 0 Å². The van der Waals surface area contributed by atoms with Gasteiger partial charge in [0.15, 0.2) is 17.5 Å². The molecule has 0 spiro atoms. The molecule has 2 aromatic carbocycles. The van der Waals surface area contributed by atoms with Crippen molar-refractivity contribution in [3.63, 3.8) is 0 Å². The maximum Gasteiger partial charge on any atom is 0.228 e.